The van der Waals surface area contributed by atoms with Crippen LogP contribution in [0.5, 0.6) is 0 Å². The molecule has 1 saturated carbocycles. The predicted molar refractivity (Wildman–Crippen MR) is 85.5 cm³/mol. The van der Waals surface area contributed by atoms with Crippen molar-refractivity contribution in [3.05, 3.63) is 0 Å². The van der Waals surface area contributed by atoms with Crippen molar-refractivity contribution in [1.29, 1.82) is 0 Å². The summed E-state index contributed by atoms with van der Waals surface area (Å²) in [6, 6.07) is 0.225. The molecule has 1 N–H and O–H groups in total. The van der Waals surface area contributed by atoms with Crippen molar-refractivity contribution < 1.29 is 14.7 Å². The van der Waals surface area contributed by atoms with Crippen LogP contribution in [0.1, 0.15) is 46.5 Å². The summed E-state index contributed by atoms with van der Waals surface area (Å²) in [5.41, 5.74) is -0.595. The molecule has 0 aromatic heterocycles. The third-order valence-corrected chi connectivity index (χ3v) is 5.59. The van der Waals surface area contributed by atoms with Crippen LogP contribution in [0, 0.1) is 17.3 Å². The third-order valence-electron chi connectivity index (χ3n) is 5.59. The molecule has 1 amide bonds. The molecular weight excluding hydrogens is 280 g/mol. The molecule has 126 valence electrons. The highest BCUT2D eigenvalue weighted by Gasteiger charge is 2.54. The number of likely N-dealkylation sites (N-methyl/N-ethyl adjacent to an activating group) is 1. The smallest absolute Gasteiger partial charge is 0.311 e. The number of hydrogen-bond donors (Lipinski definition) is 1. The van der Waals surface area contributed by atoms with Crippen LogP contribution in [0.3, 0.4) is 0 Å². The number of carboxylic acid groups (broad SMARTS) is 1. The van der Waals surface area contributed by atoms with Crippen LogP contribution in [0.2, 0.25) is 0 Å². The van der Waals surface area contributed by atoms with Gasteiger partial charge in [-0.15, -0.1) is 0 Å². The molecule has 2 rings (SSSR count). The molecule has 1 aliphatic heterocycles. The molecule has 22 heavy (non-hydrogen) atoms. The number of aliphatic carboxylic acids is 1. The van der Waals surface area contributed by atoms with E-state index in [0.29, 0.717) is 19.0 Å². The number of carbonyl (C=O) groups excluding carboxylic acids is 1. The van der Waals surface area contributed by atoms with Gasteiger partial charge >= 0.3 is 5.97 Å². The first-order valence-corrected chi connectivity index (χ1v) is 8.47. The van der Waals surface area contributed by atoms with E-state index in [1.165, 1.54) is 0 Å². The molecule has 0 spiro atoms. The zero-order valence-corrected chi connectivity index (χ0v) is 14.3. The van der Waals surface area contributed by atoms with E-state index >= 15 is 0 Å². The normalized spacial score (nSPS) is 29.6. The van der Waals surface area contributed by atoms with Crippen LogP contribution in [-0.2, 0) is 9.59 Å². The maximum absolute atomic E-state index is 12.5. The van der Waals surface area contributed by atoms with E-state index in [-0.39, 0.29) is 17.9 Å². The number of hydrogen-bond acceptors (Lipinski definition) is 3. The van der Waals surface area contributed by atoms with E-state index in [1.807, 2.05) is 11.9 Å². The van der Waals surface area contributed by atoms with Crippen LogP contribution >= 0.6 is 0 Å². The number of amides is 1. The van der Waals surface area contributed by atoms with Crippen LogP contribution < -0.4 is 0 Å². The summed E-state index contributed by atoms with van der Waals surface area (Å²) < 4.78 is 0. The van der Waals surface area contributed by atoms with E-state index in [2.05, 4.69) is 25.7 Å². The number of likely N-dealkylation sites (tertiary alicyclic amines) is 1. The Kier molecular flexibility index (Phi) is 5.15. The molecule has 1 aliphatic carbocycles. The van der Waals surface area contributed by atoms with Gasteiger partial charge in [0.1, 0.15) is 0 Å². The molecular formula is C17H30N2O3. The van der Waals surface area contributed by atoms with Crippen LogP contribution in [0.15, 0.2) is 0 Å². The lowest BCUT2D eigenvalue weighted by Crippen LogP contribution is -2.43. The lowest BCUT2D eigenvalue weighted by molar-refractivity contribution is -0.149. The van der Waals surface area contributed by atoms with E-state index in [0.717, 1.165) is 32.2 Å². The molecule has 0 radical (unpaired) electrons. The molecule has 3 atom stereocenters. The standard InChI is InChI=1S/C17H30N2O3/c1-12(2)8-13(3)18(4)15(20)10-19-9-14-6-5-7-17(14,11-19)16(21)22/h12-14H,5-11H2,1-4H3,(H,21,22)/t13?,14-,17+/m0/s1. The van der Waals surface area contributed by atoms with E-state index in [1.54, 1.807) is 0 Å². The molecule has 2 aliphatic rings. The fraction of sp³-hybridized carbons (Fsp3) is 0.882. The van der Waals surface area contributed by atoms with E-state index in [9.17, 15) is 14.7 Å². The summed E-state index contributed by atoms with van der Waals surface area (Å²) in [6.07, 6.45) is 3.74. The average molecular weight is 310 g/mol. The zero-order chi connectivity index (χ0) is 16.5. The van der Waals surface area contributed by atoms with Crippen LogP contribution in [0.25, 0.3) is 0 Å². The molecule has 5 heteroatoms. The monoisotopic (exact) mass is 310 g/mol. The molecule has 2 fully saturated rings. The van der Waals surface area contributed by atoms with E-state index < -0.39 is 11.4 Å². The summed E-state index contributed by atoms with van der Waals surface area (Å²) in [6.45, 7) is 8.04. The van der Waals surface area contributed by atoms with Crippen molar-refractivity contribution in [1.82, 2.24) is 9.80 Å². The minimum absolute atomic E-state index is 0.105. The predicted octanol–water partition coefficient (Wildman–Crippen LogP) is 2.07. The molecule has 0 bridgehead atoms. The number of carboxylic acids is 1. The molecule has 0 aromatic carbocycles. The number of rotatable bonds is 6. The Labute approximate surface area is 133 Å². The largest absolute Gasteiger partial charge is 0.481 e. The molecule has 5 nitrogen and oxygen atoms in total. The van der Waals surface area contributed by atoms with Crippen molar-refractivity contribution >= 4 is 11.9 Å². The maximum Gasteiger partial charge on any atom is 0.311 e. The third kappa shape index (κ3) is 3.29. The minimum Gasteiger partial charge on any atom is -0.481 e. The number of fused-ring (bicyclic) bond motifs is 1. The first-order valence-electron chi connectivity index (χ1n) is 8.47. The Hall–Kier alpha value is -1.10. The van der Waals surface area contributed by atoms with Crippen molar-refractivity contribution in [2.24, 2.45) is 17.3 Å². The second-order valence-electron chi connectivity index (χ2n) is 7.70. The van der Waals surface area contributed by atoms with Gasteiger partial charge in [0, 0.05) is 26.2 Å². The summed E-state index contributed by atoms with van der Waals surface area (Å²) in [5.74, 6) is 0.211. The summed E-state index contributed by atoms with van der Waals surface area (Å²) >= 11 is 0. The van der Waals surface area contributed by atoms with Gasteiger partial charge in [0.2, 0.25) is 5.91 Å². The van der Waals surface area contributed by atoms with Gasteiger partial charge in [0.25, 0.3) is 0 Å². The maximum atomic E-state index is 12.5. The highest BCUT2D eigenvalue weighted by molar-refractivity contribution is 5.79. The lowest BCUT2D eigenvalue weighted by atomic mass is 9.81. The topological polar surface area (TPSA) is 60.9 Å². The highest BCUT2D eigenvalue weighted by atomic mass is 16.4. The quantitative estimate of drug-likeness (QED) is 0.816. The first-order chi connectivity index (χ1) is 10.3. The van der Waals surface area contributed by atoms with Gasteiger partial charge in [0.15, 0.2) is 0 Å². The van der Waals surface area contributed by atoms with Gasteiger partial charge in [-0.1, -0.05) is 20.3 Å². The van der Waals surface area contributed by atoms with Gasteiger partial charge in [-0.25, -0.2) is 0 Å². The second-order valence-corrected chi connectivity index (χ2v) is 7.70. The van der Waals surface area contributed by atoms with Crippen molar-refractivity contribution in [3.63, 3.8) is 0 Å². The molecule has 1 heterocycles. The summed E-state index contributed by atoms with van der Waals surface area (Å²) in [7, 11) is 1.86. The van der Waals surface area contributed by atoms with Crippen molar-refractivity contribution in [2.75, 3.05) is 26.7 Å². The lowest BCUT2D eigenvalue weighted by Gasteiger charge is -2.29. The number of nitrogens with zero attached hydrogens (tertiary/aromatic N) is 2. The van der Waals surface area contributed by atoms with Crippen molar-refractivity contribution in [2.45, 2.75) is 52.5 Å². The molecule has 0 aromatic rings. The zero-order valence-electron chi connectivity index (χ0n) is 14.3. The first kappa shape index (κ1) is 17.3. The fourth-order valence-corrected chi connectivity index (χ4v) is 4.25. The Morgan fingerprint density at radius 3 is 2.59 bits per heavy atom. The van der Waals surface area contributed by atoms with Gasteiger partial charge in [-0.05, 0) is 38.0 Å². The van der Waals surface area contributed by atoms with Gasteiger partial charge in [-0.2, -0.15) is 0 Å². The van der Waals surface area contributed by atoms with Crippen molar-refractivity contribution in [3.8, 4) is 0 Å². The highest BCUT2D eigenvalue weighted by Crippen LogP contribution is 2.48. The van der Waals surface area contributed by atoms with Crippen LogP contribution in [0.4, 0.5) is 0 Å². The Morgan fingerprint density at radius 2 is 2.05 bits per heavy atom. The van der Waals surface area contributed by atoms with Gasteiger partial charge in [-0.3, -0.25) is 14.5 Å². The van der Waals surface area contributed by atoms with Gasteiger partial charge < -0.3 is 10.0 Å². The Balaban J connectivity index is 1.92. The molecule has 1 saturated heterocycles. The summed E-state index contributed by atoms with van der Waals surface area (Å²) in [4.78, 5) is 28.0. The average Bonchev–Trinajstić information content (AvgIpc) is 2.94. The SMILES string of the molecule is CC(C)CC(C)N(C)C(=O)CN1C[C@@H]2CCC[C@@]2(C(=O)O)C1. The Morgan fingerprint density at radius 1 is 1.36 bits per heavy atom. The van der Waals surface area contributed by atoms with E-state index in [4.69, 9.17) is 0 Å². The molecule has 1 unspecified atom stereocenters. The number of carbonyl (C=O) groups is 2. The van der Waals surface area contributed by atoms with Crippen LogP contribution in [-0.4, -0.2) is 59.5 Å². The van der Waals surface area contributed by atoms with Gasteiger partial charge in [0.05, 0.1) is 12.0 Å². The minimum atomic E-state index is -0.675. The second kappa shape index (κ2) is 6.57. The summed E-state index contributed by atoms with van der Waals surface area (Å²) in [5, 5.41) is 9.60. The fourth-order valence-electron chi connectivity index (χ4n) is 4.25. The Bertz CT molecular complexity index is 438.